The van der Waals surface area contributed by atoms with E-state index in [0.29, 0.717) is 19.4 Å². The third-order valence-electron chi connectivity index (χ3n) is 7.07. The average molecular weight is 414 g/mol. The summed E-state index contributed by atoms with van der Waals surface area (Å²) in [7, 11) is 0. The summed E-state index contributed by atoms with van der Waals surface area (Å²) in [4.78, 5) is 15.6. The van der Waals surface area contributed by atoms with Crippen LogP contribution in [-0.4, -0.2) is 55.2 Å². The molecule has 30 heavy (non-hydrogen) atoms. The summed E-state index contributed by atoms with van der Waals surface area (Å²) >= 11 is 0. The molecular formula is C20H27FN8O. The molecule has 2 aliphatic heterocycles. The molecular weight excluding hydrogens is 387 g/mol. The van der Waals surface area contributed by atoms with Crippen molar-refractivity contribution in [3.63, 3.8) is 0 Å². The van der Waals surface area contributed by atoms with Crippen molar-refractivity contribution in [2.75, 3.05) is 11.4 Å². The fraction of sp³-hybridized carbons (Fsp3) is 0.700. The maximum Gasteiger partial charge on any atom is 0.146 e. The van der Waals surface area contributed by atoms with Gasteiger partial charge in [-0.05, 0) is 32.6 Å². The smallest absolute Gasteiger partial charge is 0.146 e. The van der Waals surface area contributed by atoms with Gasteiger partial charge in [0.15, 0.2) is 0 Å². The van der Waals surface area contributed by atoms with Crippen LogP contribution in [0.5, 0.6) is 0 Å². The molecule has 2 aromatic heterocycles. The number of anilines is 1. The second-order valence-corrected chi connectivity index (χ2v) is 9.25. The number of hydrogen-bond donors (Lipinski definition) is 2. The summed E-state index contributed by atoms with van der Waals surface area (Å²) in [5.41, 5.74) is 7.49. The highest BCUT2D eigenvalue weighted by Crippen LogP contribution is 2.45. The van der Waals surface area contributed by atoms with Crippen LogP contribution in [0, 0.1) is 5.92 Å². The Morgan fingerprint density at radius 1 is 1.13 bits per heavy atom. The monoisotopic (exact) mass is 414 g/mol. The Hall–Kier alpha value is -2.17. The molecule has 10 heteroatoms. The Kier molecular flexibility index (Phi) is 4.29. The summed E-state index contributed by atoms with van der Waals surface area (Å²) in [5, 5.41) is 4.24. The zero-order chi connectivity index (χ0) is 20.3. The molecule has 0 aromatic carbocycles. The van der Waals surface area contributed by atoms with E-state index in [1.165, 1.54) is 0 Å². The second-order valence-electron chi connectivity index (χ2n) is 9.25. The van der Waals surface area contributed by atoms with Crippen molar-refractivity contribution >= 4 is 5.82 Å². The van der Waals surface area contributed by atoms with E-state index in [2.05, 4.69) is 42.7 Å². The molecule has 2 aliphatic carbocycles. The summed E-state index contributed by atoms with van der Waals surface area (Å²) in [5.74, 6) is 2.06. The minimum atomic E-state index is -0.927. The van der Waals surface area contributed by atoms with Crippen LogP contribution in [0.15, 0.2) is 18.7 Å². The molecule has 0 bridgehead atoms. The second kappa shape index (κ2) is 6.93. The summed E-state index contributed by atoms with van der Waals surface area (Å²) < 4.78 is 22.8. The van der Waals surface area contributed by atoms with Crippen LogP contribution >= 0.6 is 0 Å². The third-order valence-corrected chi connectivity index (χ3v) is 7.07. The minimum absolute atomic E-state index is 0.0100. The Morgan fingerprint density at radius 3 is 2.90 bits per heavy atom. The first-order chi connectivity index (χ1) is 14.6. The van der Waals surface area contributed by atoms with Crippen molar-refractivity contribution in [2.45, 2.75) is 75.7 Å². The van der Waals surface area contributed by atoms with Gasteiger partial charge in [0.2, 0.25) is 0 Å². The lowest BCUT2D eigenvalue weighted by Gasteiger charge is -2.37. The van der Waals surface area contributed by atoms with Gasteiger partial charge in [-0.2, -0.15) is 5.10 Å². The molecule has 2 saturated carbocycles. The number of aromatic nitrogens is 5. The van der Waals surface area contributed by atoms with Gasteiger partial charge in [0.05, 0.1) is 36.5 Å². The first kappa shape index (κ1) is 18.6. The fourth-order valence-electron chi connectivity index (χ4n) is 5.02. The van der Waals surface area contributed by atoms with E-state index in [4.69, 9.17) is 4.74 Å². The SMILES string of the molecule is CC1(OC2CC3C(CC2F)NNC3c2cc(N3CCn4ncnc4C3)ncn2)CC1. The van der Waals surface area contributed by atoms with E-state index in [9.17, 15) is 4.39 Å². The molecule has 5 unspecified atom stereocenters. The van der Waals surface area contributed by atoms with E-state index >= 15 is 0 Å². The Bertz CT molecular complexity index is 933. The lowest BCUT2D eigenvalue weighted by Crippen LogP contribution is -2.45. The van der Waals surface area contributed by atoms with Crippen molar-refractivity contribution in [3.05, 3.63) is 30.2 Å². The van der Waals surface area contributed by atoms with E-state index in [-0.39, 0.29) is 29.7 Å². The van der Waals surface area contributed by atoms with Gasteiger partial charge < -0.3 is 9.64 Å². The van der Waals surface area contributed by atoms with Crippen LogP contribution in [0.1, 0.15) is 50.2 Å². The highest BCUT2D eigenvalue weighted by molar-refractivity contribution is 5.40. The maximum absolute atomic E-state index is 14.7. The zero-order valence-electron chi connectivity index (χ0n) is 17.0. The Balaban J connectivity index is 1.21. The molecule has 0 amide bonds. The number of hydrogen-bond acceptors (Lipinski definition) is 8. The standard InChI is InChI=1S/C20H27FN8O/c1-20(2-3-20)30-16-6-12-14(7-13(16)21)26-27-19(12)15-8-17(23-10-22-15)28-4-5-29-18(9-28)24-11-25-29/h8,10-14,16,19,26-27H,2-7,9H2,1H3. The van der Waals surface area contributed by atoms with E-state index < -0.39 is 6.17 Å². The van der Waals surface area contributed by atoms with Gasteiger partial charge >= 0.3 is 0 Å². The number of alkyl halides is 1. The molecule has 4 heterocycles. The van der Waals surface area contributed by atoms with Gasteiger partial charge in [-0.15, -0.1) is 0 Å². The van der Waals surface area contributed by atoms with Crippen LogP contribution < -0.4 is 15.8 Å². The van der Waals surface area contributed by atoms with Crippen molar-refractivity contribution in [2.24, 2.45) is 5.92 Å². The minimum Gasteiger partial charge on any atom is -0.369 e. The molecule has 6 rings (SSSR count). The predicted molar refractivity (Wildman–Crippen MR) is 106 cm³/mol. The van der Waals surface area contributed by atoms with Gasteiger partial charge in [0.25, 0.3) is 0 Å². The molecule has 5 atom stereocenters. The van der Waals surface area contributed by atoms with Gasteiger partial charge in [0, 0.05) is 24.6 Å². The van der Waals surface area contributed by atoms with Crippen molar-refractivity contribution in [3.8, 4) is 0 Å². The fourth-order valence-corrected chi connectivity index (χ4v) is 5.02. The van der Waals surface area contributed by atoms with E-state index in [1.807, 2.05) is 10.7 Å². The lowest BCUT2D eigenvalue weighted by atomic mass is 9.78. The first-order valence-electron chi connectivity index (χ1n) is 10.8. The molecule has 2 N–H and O–H groups in total. The summed E-state index contributed by atoms with van der Waals surface area (Å²) in [6.45, 7) is 4.38. The molecule has 3 fully saturated rings. The maximum atomic E-state index is 14.7. The van der Waals surface area contributed by atoms with Crippen molar-refractivity contribution < 1.29 is 9.13 Å². The van der Waals surface area contributed by atoms with Gasteiger partial charge in [-0.1, -0.05) is 0 Å². The lowest BCUT2D eigenvalue weighted by molar-refractivity contribution is -0.0886. The Morgan fingerprint density at radius 2 is 2.03 bits per heavy atom. The van der Waals surface area contributed by atoms with Crippen LogP contribution in [0.25, 0.3) is 0 Å². The molecule has 0 radical (unpaired) electrons. The first-order valence-corrected chi connectivity index (χ1v) is 10.8. The van der Waals surface area contributed by atoms with Crippen LogP contribution in [0.4, 0.5) is 10.2 Å². The number of halogens is 1. The van der Waals surface area contributed by atoms with Crippen molar-refractivity contribution in [1.82, 2.24) is 35.6 Å². The number of ether oxygens (including phenoxy) is 1. The number of hydrazine groups is 1. The topological polar surface area (TPSA) is 93.0 Å². The number of nitrogens with zero attached hydrogens (tertiary/aromatic N) is 6. The highest BCUT2D eigenvalue weighted by Gasteiger charge is 2.50. The van der Waals surface area contributed by atoms with E-state index in [0.717, 1.165) is 43.3 Å². The van der Waals surface area contributed by atoms with Crippen LogP contribution in [0.3, 0.4) is 0 Å². The number of nitrogens with one attached hydrogen (secondary N) is 2. The highest BCUT2D eigenvalue weighted by atomic mass is 19.1. The largest absolute Gasteiger partial charge is 0.369 e. The molecule has 160 valence electrons. The summed E-state index contributed by atoms with van der Waals surface area (Å²) in [6.07, 6.45) is 5.18. The predicted octanol–water partition coefficient (Wildman–Crippen LogP) is 1.29. The number of fused-ring (bicyclic) bond motifs is 2. The zero-order valence-corrected chi connectivity index (χ0v) is 17.0. The van der Waals surface area contributed by atoms with Crippen LogP contribution in [0.2, 0.25) is 0 Å². The molecule has 0 spiro atoms. The average Bonchev–Trinajstić information content (AvgIpc) is 3.15. The molecule has 2 aromatic rings. The van der Waals surface area contributed by atoms with Gasteiger partial charge in [0.1, 0.15) is 30.5 Å². The molecule has 1 saturated heterocycles. The summed E-state index contributed by atoms with van der Waals surface area (Å²) in [6, 6.07) is 2.15. The van der Waals surface area contributed by atoms with Crippen LogP contribution in [-0.2, 0) is 17.8 Å². The normalized spacial score (nSPS) is 34.5. The van der Waals surface area contributed by atoms with Gasteiger partial charge in [-0.25, -0.2) is 29.4 Å². The quantitative estimate of drug-likeness (QED) is 0.773. The van der Waals surface area contributed by atoms with Crippen molar-refractivity contribution in [1.29, 1.82) is 0 Å². The Labute approximate surface area is 174 Å². The molecule has 4 aliphatic rings. The van der Waals surface area contributed by atoms with Gasteiger partial charge in [-0.3, -0.25) is 5.43 Å². The third kappa shape index (κ3) is 3.27. The molecule has 9 nitrogen and oxygen atoms in total. The number of rotatable bonds is 4. The van der Waals surface area contributed by atoms with E-state index in [1.54, 1.807) is 12.7 Å².